The van der Waals surface area contributed by atoms with Gasteiger partial charge in [0.1, 0.15) is 5.56 Å². The maximum absolute atomic E-state index is 11.2. The van der Waals surface area contributed by atoms with E-state index in [4.69, 9.17) is 14.6 Å². The molecule has 1 aromatic heterocycles. The molecule has 0 saturated carbocycles. The zero-order valence-corrected chi connectivity index (χ0v) is 11.5. The van der Waals surface area contributed by atoms with Crippen molar-refractivity contribution in [3.8, 4) is 0 Å². The van der Waals surface area contributed by atoms with Crippen molar-refractivity contribution in [2.75, 3.05) is 26.3 Å². The van der Waals surface area contributed by atoms with Crippen molar-refractivity contribution >= 4 is 5.97 Å². The Morgan fingerprint density at radius 2 is 2.05 bits per heavy atom. The van der Waals surface area contributed by atoms with Crippen molar-refractivity contribution in [2.24, 2.45) is 7.05 Å². The minimum atomic E-state index is -0.927. The lowest BCUT2D eigenvalue weighted by atomic mass is 10.0. The van der Waals surface area contributed by atoms with Crippen molar-refractivity contribution in [1.29, 1.82) is 0 Å². The number of carboxylic acid groups (broad SMARTS) is 1. The van der Waals surface area contributed by atoms with E-state index in [-0.39, 0.29) is 5.56 Å². The van der Waals surface area contributed by atoms with Gasteiger partial charge in [-0.25, -0.2) is 4.79 Å². The quantitative estimate of drug-likeness (QED) is 0.867. The molecule has 1 spiro atoms. The Morgan fingerprint density at radius 3 is 2.65 bits per heavy atom. The number of likely N-dealkylation sites (tertiary alicyclic amines) is 1. The highest BCUT2D eigenvalue weighted by Gasteiger charge is 2.39. The summed E-state index contributed by atoms with van der Waals surface area (Å²) in [6, 6.07) is 0. The van der Waals surface area contributed by atoms with Crippen molar-refractivity contribution in [2.45, 2.75) is 25.2 Å². The number of nitrogens with zero attached hydrogens (tertiary/aromatic N) is 3. The van der Waals surface area contributed by atoms with Gasteiger partial charge in [-0.1, -0.05) is 0 Å². The maximum atomic E-state index is 11.2. The largest absolute Gasteiger partial charge is 0.478 e. The Balaban J connectivity index is 1.65. The van der Waals surface area contributed by atoms with Crippen LogP contribution in [0, 0.1) is 0 Å². The SMILES string of the molecule is Cn1ncc(C(=O)O)c1CN1CCC2(CC1)OCCO2. The van der Waals surface area contributed by atoms with Gasteiger partial charge in [0.2, 0.25) is 0 Å². The van der Waals surface area contributed by atoms with Gasteiger partial charge in [0, 0.05) is 39.5 Å². The number of carboxylic acids is 1. The smallest absolute Gasteiger partial charge is 0.339 e. The summed E-state index contributed by atoms with van der Waals surface area (Å²) in [7, 11) is 1.77. The van der Waals surface area contributed by atoms with Crippen LogP contribution >= 0.6 is 0 Å². The Labute approximate surface area is 117 Å². The fourth-order valence-electron chi connectivity index (χ4n) is 2.88. The summed E-state index contributed by atoms with van der Waals surface area (Å²) in [5.74, 6) is -1.32. The van der Waals surface area contributed by atoms with Crippen LogP contribution in [0.25, 0.3) is 0 Å². The second-order valence-electron chi connectivity index (χ2n) is 5.32. The van der Waals surface area contributed by atoms with E-state index in [1.807, 2.05) is 0 Å². The van der Waals surface area contributed by atoms with Gasteiger partial charge < -0.3 is 14.6 Å². The molecule has 2 fully saturated rings. The molecule has 1 aromatic rings. The fraction of sp³-hybridized carbons (Fsp3) is 0.692. The minimum absolute atomic E-state index is 0.279. The summed E-state index contributed by atoms with van der Waals surface area (Å²) in [6.45, 7) is 3.61. The van der Waals surface area contributed by atoms with Crippen molar-refractivity contribution < 1.29 is 19.4 Å². The minimum Gasteiger partial charge on any atom is -0.478 e. The number of piperidine rings is 1. The molecule has 2 aliphatic heterocycles. The van der Waals surface area contributed by atoms with Crippen LogP contribution in [0.2, 0.25) is 0 Å². The third kappa shape index (κ3) is 2.44. The Hall–Kier alpha value is -1.44. The summed E-state index contributed by atoms with van der Waals surface area (Å²) in [5.41, 5.74) is 1.02. The lowest BCUT2D eigenvalue weighted by Gasteiger charge is -2.37. The van der Waals surface area contributed by atoms with E-state index in [1.54, 1.807) is 11.7 Å². The number of hydrogen-bond donors (Lipinski definition) is 1. The van der Waals surface area contributed by atoms with Gasteiger partial charge in [0.05, 0.1) is 25.1 Å². The molecule has 3 rings (SSSR count). The van der Waals surface area contributed by atoms with Crippen LogP contribution in [0.4, 0.5) is 0 Å². The number of rotatable bonds is 3. The van der Waals surface area contributed by atoms with Crippen LogP contribution in [0.15, 0.2) is 6.20 Å². The number of hydrogen-bond acceptors (Lipinski definition) is 5. The van der Waals surface area contributed by atoms with E-state index in [1.165, 1.54) is 6.20 Å². The molecule has 1 N–H and O–H groups in total. The Morgan fingerprint density at radius 1 is 1.40 bits per heavy atom. The first-order chi connectivity index (χ1) is 9.60. The van der Waals surface area contributed by atoms with Gasteiger partial charge in [-0.2, -0.15) is 5.10 Å². The highest BCUT2D eigenvalue weighted by atomic mass is 16.7. The predicted octanol–water partition coefficient (Wildman–Crippen LogP) is 0.457. The molecule has 0 bridgehead atoms. The Kier molecular flexibility index (Phi) is 3.49. The molecule has 0 aromatic carbocycles. The average molecular weight is 281 g/mol. The topological polar surface area (TPSA) is 76.8 Å². The Bertz CT molecular complexity index is 498. The third-order valence-corrected chi connectivity index (χ3v) is 4.10. The van der Waals surface area contributed by atoms with Crippen molar-refractivity contribution in [3.05, 3.63) is 17.5 Å². The molecule has 0 atom stereocenters. The molecule has 0 unspecified atom stereocenters. The molecule has 110 valence electrons. The number of ether oxygens (including phenoxy) is 2. The molecular weight excluding hydrogens is 262 g/mol. The molecule has 0 radical (unpaired) electrons. The molecule has 2 aliphatic rings. The van der Waals surface area contributed by atoms with Crippen molar-refractivity contribution in [3.63, 3.8) is 0 Å². The number of aryl methyl sites for hydroxylation is 1. The van der Waals surface area contributed by atoms with Crippen LogP contribution in [-0.4, -0.2) is 57.8 Å². The average Bonchev–Trinajstić information content (AvgIpc) is 3.01. The molecule has 0 aliphatic carbocycles. The fourth-order valence-corrected chi connectivity index (χ4v) is 2.88. The second kappa shape index (κ2) is 5.16. The summed E-state index contributed by atoms with van der Waals surface area (Å²) in [6.07, 6.45) is 3.06. The van der Waals surface area contributed by atoms with Crippen LogP contribution in [0.3, 0.4) is 0 Å². The number of carbonyl (C=O) groups is 1. The zero-order chi connectivity index (χ0) is 14.2. The van der Waals surface area contributed by atoms with Gasteiger partial charge in [-0.05, 0) is 0 Å². The molecule has 0 amide bonds. The lowest BCUT2D eigenvalue weighted by molar-refractivity contribution is -0.185. The molecule has 2 saturated heterocycles. The molecule has 7 heteroatoms. The summed E-state index contributed by atoms with van der Waals surface area (Å²) >= 11 is 0. The van der Waals surface area contributed by atoms with Gasteiger partial charge in [-0.15, -0.1) is 0 Å². The number of aromatic carboxylic acids is 1. The summed E-state index contributed by atoms with van der Waals surface area (Å²) in [5, 5.41) is 13.2. The summed E-state index contributed by atoms with van der Waals surface area (Å²) in [4.78, 5) is 13.4. The van der Waals surface area contributed by atoms with Gasteiger partial charge in [0.25, 0.3) is 0 Å². The van der Waals surface area contributed by atoms with E-state index < -0.39 is 11.8 Å². The van der Waals surface area contributed by atoms with Gasteiger partial charge in [0.15, 0.2) is 5.79 Å². The van der Waals surface area contributed by atoms with E-state index in [9.17, 15) is 4.79 Å². The number of aromatic nitrogens is 2. The normalized spacial score (nSPS) is 22.4. The maximum Gasteiger partial charge on any atom is 0.339 e. The molecule has 7 nitrogen and oxygen atoms in total. The monoisotopic (exact) mass is 281 g/mol. The van der Waals surface area contributed by atoms with Gasteiger partial charge >= 0.3 is 5.97 Å². The second-order valence-corrected chi connectivity index (χ2v) is 5.32. The first kappa shape index (κ1) is 13.5. The molecule has 3 heterocycles. The lowest BCUT2D eigenvalue weighted by Crippen LogP contribution is -2.45. The van der Waals surface area contributed by atoms with E-state index in [0.29, 0.717) is 19.8 Å². The van der Waals surface area contributed by atoms with Gasteiger partial charge in [-0.3, -0.25) is 9.58 Å². The van der Waals surface area contributed by atoms with Crippen molar-refractivity contribution in [1.82, 2.24) is 14.7 Å². The van der Waals surface area contributed by atoms with Crippen LogP contribution < -0.4 is 0 Å². The van der Waals surface area contributed by atoms with E-state index in [2.05, 4.69) is 10.00 Å². The third-order valence-electron chi connectivity index (χ3n) is 4.10. The van der Waals surface area contributed by atoms with Crippen LogP contribution in [-0.2, 0) is 23.1 Å². The highest BCUT2D eigenvalue weighted by molar-refractivity contribution is 5.88. The molecular formula is C13H19N3O4. The summed E-state index contributed by atoms with van der Waals surface area (Å²) < 4.78 is 13.0. The first-order valence-corrected chi connectivity index (χ1v) is 6.84. The molecule has 20 heavy (non-hydrogen) atoms. The standard InChI is InChI=1S/C13H19N3O4/c1-15-11(10(8-14-15)12(17)18)9-16-4-2-13(3-5-16)19-6-7-20-13/h8H,2-7,9H2,1H3,(H,17,18). The van der Waals surface area contributed by atoms with E-state index >= 15 is 0 Å². The van der Waals surface area contributed by atoms with Crippen LogP contribution in [0.1, 0.15) is 28.9 Å². The highest BCUT2D eigenvalue weighted by Crippen LogP contribution is 2.31. The van der Waals surface area contributed by atoms with E-state index in [0.717, 1.165) is 31.6 Å². The predicted molar refractivity (Wildman–Crippen MR) is 69.3 cm³/mol. The van der Waals surface area contributed by atoms with Crippen LogP contribution in [0.5, 0.6) is 0 Å². The zero-order valence-electron chi connectivity index (χ0n) is 11.5. The first-order valence-electron chi connectivity index (χ1n) is 6.84.